The Bertz CT molecular complexity index is 408. The van der Waals surface area contributed by atoms with Gasteiger partial charge in [-0.25, -0.2) is 9.37 Å². The molecular formula is C14H19FN2O2. The van der Waals surface area contributed by atoms with Crippen molar-refractivity contribution in [2.45, 2.75) is 31.5 Å². The molecule has 1 N–H and O–H groups in total. The minimum absolute atomic E-state index is 0.287. The number of hydrogen-bond donors (Lipinski definition) is 1. The first-order chi connectivity index (χ1) is 9.26. The number of pyridine rings is 1. The third kappa shape index (κ3) is 3.04. The smallest absolute Gasteiger partial charge is 0.168 e. The molecule has 0 unspecified atom stereocenters. The summed E-state index contributed by atoms with van der Waals surface area (Å²) < 4.78 is 24.2. The minimum Gasteiger partial charge on any atom is -0.370 e. The van der Waals surface area contributed by atoms with Crippen LogP contribution in [0.3, 0.4) is 0 Å². The van der Waals surface area contributed by atoms with E-state index >= 15 is 0 Å². The van der Waals surface area contributed by atoms with E-state index in [1.165, 1.54) is 12.3 Å². The Morgan fingerprint density at radius 2 is 2.00 bits per heavy atom. The van der Waals surface area contributed by atoms with Gasteiger partial charge in [-0.2, -0.15) is 0 Å². The average Bonchev–Trinajstić information content (AvgIpc) is 2.89. The third-order valence-electron chi connectivity index (χ3n) is 3.98. The number of ether oxygens (including phenoxy) is 2. The van der Waals surface area contributed by atoms with Gasteiger partial charge in [0.1, 0.15) is 11.6 Å². The lowest BCUT2D eigenvalue weighted by Gasteiger charge is -2.35. The van der Waals surface area contributed by atoms with Gasteiger partial charge in [0.25, 0.3) is 0 Å². The molecule has 1 saturated carbocycles. The Balaban J connectivity index is 1.46. The Labute approximate surface area is 112 Å². The SMILES string of the molecule is Fc1ccc(NCC2CCC3(CC2)OCCO3)nc1. The maximum atomic E-state index is 12.7. The van der Waals surface area contributed by atoms with Gasteiger partial charge in [-0.05, 0) is 30.9 Å². The van der Waals surface area contributed by atoms with Crippen molar-refractivity contribution < 1.29 is 13.9 Å². The summed E-state index contributed by atoms with van der Waals surface area (Å²) in [5.41, 5.74) is 0. The predicted octanol–water partition coefficient (Wildman–Crippen LogP) is 2.57. The quantitative estimate of drug-likeness (QED) is 0.913. The molecule has 0 bridgehead atoms. The van der Waals surface area contributed by atoms with E-state index in [0.29, 0.717) is 5.92 Å². The second-order valence-corrected chi connectivity index (χ2v) is 5.29. The van der Waals surface area contributed by atoms with Crippen LogP contribution in [0.4, 0.5) is 10.2 Å². The van der Waals surface area contributed by atoms with Crippen molar-refractivity contribution in [2.75, 3.05) is 25.1 Å². The van der Waals surface area contributed by atoms with Gasteiger partial charge in [-0.3, -0.25) is 0 Å². The van der Waals surface area contributed by atoms with E-state index in [4.69, 9.17) is 9.47 Å². The van der Waals surface area contributed by atoms with Crippen LogP contribution in [0.2, 0.25) is 0 Å². The van der Waals surface area contributed by atoms with Crippen LogP contribution in [0.1, 0.15) is 25.7 Å². The fourth-order valence-corrected chi connectivity index (χ4v) is 2.84. The number of anilines is 1. The first-order valence-electron chi connectivity index (χ1n) is 6.89. The normalized spacial score (nSPS) is 22.8. The van der Waals surface area contributed by atoms with Gasteiger partial charge >= 0.3 is 0 Å². The molecule has 2 heterocycles. The molecule has 1 aromatic heterocycles. The number of hydrogen-bond acceptors (Lipinski definition) is 4. The lowest BCUT2D eigenvalue weighted by atomic mass is 9.85. The van der Waals surface area contributed by atoms with Crippen LogP contribution in [-0.4, -0.2) is 30.5 Å². The first kappa shape index (κ1) is 12.8. The summed E-state index contributed by atoms with van der Waals surface area (Å²) in [6.45, 7) is 2.32. The monoisotopic (exact) mass is 266 g/mol. The Morgan fingerprint density at radius 3 is 2.63 bits per heavy atom. The summed E-state index contributed by atoms with van der Waals surface area (Å²) in [5.74, 6) is 0.742. The van der Waals surface area contributed by atoms with Crippen molar-refractivity contribution in [2.24, 2.45) is 5.92 Å². The van der Waals surface area contributed by atoms with Crippen LogP contribution in [0.25, 0.3) is 0 Å². The van der Waals surface area contributed by atoms with Gasteiger partial charge in [-0.1, -0.05) is 0 Å². The van der Waals surface area contributed by atoms with Crippen molar-refractivity contribution >= 4 is 5.82 Å². The van der Waals surface area contributed by atoms with Crippen LogP contribution in [0, 0.1) is 11.7 Å². The van der Waals surface area contributed by atoms with Crippen molar-refractivity contribution in [3.63, 3.8) is 0 Å². The average molecular weight is 266 g/mol. The largest absolute Gasteiger partial charge is 0.370 e. The van der Waals surface area contributed by atoms with Crippen molar-refractivity contribution in [1.29, 1.82) is 0 Å². The van der Waals surface area contributed by atoms with Crippen LogP contribution < -0.4 is 5.32 Å². The van der Waals surface area contributed by atoms with E-state index in [2.05, 4.69) is 10.3 Å². The van der Waals surface area contributed by atoms with E-state index in [9.17, 15) is 4.39 Å². The lowest BCUT2D eigenvalue weighted by molar-refractivity contribution is -0.181. The Morgan fingerprint density at radius 1 is 1.26 bits per heavy atom. The van der Waals surface area contributed by atoms with Crippen LogP contribution >= 0.6 is 0 Å². The molecule has 19 heavy (non-hydrogen) atoms. The first-order valence-corrected chi connectivity index (χ1v) is 6.89. The number of aromatic nitrogens is 1. The highest BCUT2D eigenvalue weighted by Gasteiger charge is 2.40. The second kappa shape index (κ2) is 5.43. The van der Waals surface area contributed by atoms with Gasteiger partial charge in [0.05, 0.1) is 19.4 Å². The van der Waals surface area contributed by atoms with Gasteiger partial charge < -0.3 is 14.8 Å². The van der Waals surface area contributed by atoms with Gasteiger partial charge in [0.15, 0.2) is 5.79 Å². The fourth-order valence-electron chi connectivity index (χ4n) is 2.84. The number of halogens is 1. The molecule has 4 nitrogen and oxygen atoms in total. The molecule has 2 fully saturated rings. The second-order valence-electron chi connectivity index (χ2n) is 5.29. The van der Waals surface area contributed by atoms with Crippen molar-refractivity contribution in [3.8, 4) is 0 Å². The van der Waals surface area contributed by atoms with Gasteiger partial charge in [0.2, 0.25) is 0 Å². The third-order valence-corrected chi connectivity index (χ3v) is 3.98. The maximum absolute atomic E-state index is 12.7. The highest BCUT2D eigenvalue weighted by atomic mass is 19.1. The number of nitrogens with zero attached hydrogens (tertiary/aromatic N) is 1. The zero-order valence-corrected chi connectivity index (χ0v) is 10.9. The Hall–Kier alpha value is -1.20. The number of rotatable bonds is 3. The van der Waals surface area contributed by atoms with E-state index in [1.54, 1.807) is 6.07 Å². The molecule has 1 aliphatic carbocycles. The molecule has 3 rings (SSSR count). The molecule has 0 aromatic carbocycles. The van der Waals surface area contributed by atoms with Gasteiger partial charge in [-0.15, -0.1) is 0 Å². The summed E-state index contributed by atoms with van der Waals surface area (Å²) in [7, 11) is 0. The summed E-state index contributed by atoms with van der Waals surface area (Å²) in [4.78, 5) is 4.00. The number of nitrogens with one attached hydrogen (secondary N) is 1. The summed E-state index contributed by atoms with van der Waals surface area (Å²) in [6.07, 6.45) is 5.35. The highest BCUT2D eigenvalue weighted by Crippen LogP contribution is 2.38. The molecule has 0 atom stereocenters. The molecule has 1 aliphatic heterocycles. The van der Waals surface area contributed by atoms with Crippen LogP contribution in [0.5, 0.6) is 0 Å². The summed E-state index contributed by atoms with van der Waals surface area (Å²) >= 11 is 0. The van der Waals surface area contributed by atoms with E-state index < -0.39 is 0 Å². The minimum atomic E-state index is -0.305. The molecule has 1 spiro atoms. The maximum Gasteiger partial charge on any atom is 0.168 e. The zero-order valence-electron chi connectivity index (χ0n) is 10.9. The molecule has 5 heteroatoms. The van der Waals surface area contributed by atoms with E-state index in [1.807, 2.05) is 0 Å². The van der Waals surface area contributed by atoms with Crippen molar-refractivity contribution in [3.05, 3.63) is 24.1 Å². The van der Waals surface area contributed by atoms with Crippen LogP contribution in [0.15, 0.2) is 18.3 Å². The molecular weight excluding hydrogens is 247 g/mol. The summed E-state index contributed by atoms with van der Waals surface area (Å²) in [5, 5.41) is 3.26. The molecule has 1 aromatic rings. The van der Waals surface area contributed by atoms with Gasteiger partial charge in [0, 0.05) is 19.4 Å². The molecule has 0 radical (unpaired) electrons. The Kier molecular flexibility index (Phi) is 3.66. The zero-order chi connectivity index (χ0) is 13.1. The topological polar surface area (TPSA) is 43.4 Å². The molecule has 2 aliphatic rings. The predicted molar refractivity (Wildman–Crippen MR) is 69.3 cm³/mol. The van der Waals surface area contributed by atoms with Crippen molar-refractivity contribution in [1.82, 2.24) is 4.98 Å². The van der Waals surface area contributed by atoms with Crippen LogP contribution in [-0.2, 0) is 9.47 Å². The molecule has 104 valence electrons. The lowest BCUT2D eigenvalue weighted by Crippen LogP contribution is -2.36. The summed E-state index contributed by atoms with van der Waals surface area (Å²) in [6, 6.07) is 3.09. The standard InChI is InChI=1S/C14H19FN2O2/c15-12-1-2-13(17-10-12)16-9-11-3-5-14(6-4-11)18-7-8-19-14/h1-2,10-11H,3-9H2,(H,16,17). The molecule has 1 saturated heterocycles. The van der Waals surface area contributed by atoms with E-state index in [-0.39, 0.29) is 11.6 Å². The molecule has 0 amide bonds. The highest BCUT2D eigenvalue weighted by molar-refractivity contribution is 5.33. The van der Waals surface area contributed by atoms with E-state index in [0.717, 1.165) is 51.3 Å². The fraction of sp³-hybridized carbons (Fsp3) is 0.643.